The van der Waals surface area contributed by atoms with Crippen molar-refractivity contribution in [3.63, 3.8) is 0 Å². The number of amides is 2. The van der Waals surface area contributed by atoms with E-state index in [1.54, 1.807) is 38.4 Å². The lowest BCUT2D eigenvalue weighted by Gasteiger charge is -2.45. The normalized spacial score (nSPS) is 23.6. The predicted octanol–water partition coefficient (Wildman–Crippen LogP) is 2.52. The van der Waals surface area contributed by atoms with Gasteiger partial charge >= 0.3 is 0 Å². The number of hydrogen-bond donors (Lipinski definition) is 3. The predicted molar refractivity (Wildman–Crippen MR) is 118 cm³/mol. The van der Waals surface area contributed by atoms with E-state index >= 15 is 0 Å². The number of hydrogen-bond acceptors (Lipinski definition) is 6. The van der Waals surface area contributed by atoms with Gasteiger partial charge in [0.2, 0.25) is 11.9 Å². The summed E-state index contributed by atoms with van der Waals surface area (Å²) in [5.41, 5.74) is 2.18. The molecule has 1 fully saturated rings. The largest absolute Gasteiger partial charge is 0.394 e. The maximum absolute atomic E-state index is 12.7. The smallest absolute Gasteiger partial charge is 0.251 e. The van der Waals surface area contributed by atoms with Crippen molar-refractivity contribution in [2.24, 2.45) is 11.8 Å². The Balaban J connectivity index is 1.77. The molecule has 0 spiro atoms. The molecule has 1 aromatic heterocycles. The Labute approximate surface area is 182 Å². The fourth-order valence-corrected chi connectivity index (χ4v) is 4.57. The van der Waals surface area contributed by atoms with Crippen molar-refractivity contribution < 1.29 is 14.7 Å². The SMILES string of the molecule is CC(=O)N1c2ccc(C(=O)NC(C)CO)cc2[C@H](Nc2ncccn2)[C@@H](C)C1C1CC1. The Kier molecular flexibility index (Phi) is 5.91. The molecular formula is C23H29N5O3. The van der Waals surface area contributed by atoms with Crippen molar-refractivity contribution in [1.29, 1.82) is 0 Å². The standard InChI is InChI=1S/C23H29N5O3/c1-13(12-29)26-22(31)17-7-8-19-18(11-17)20(27-23-24-9-4-10-25-23)14(2)21(16-5-6-16)28(19)15(3)30/h4,7-11,13-14,16,20-21,29H,5-6,12H2,1-3H3,(H,26,31)(H,24,25,27)/t13?,14-,20-,21?/m1/s1. The van der Waals surface area contributed by atoms with Gasteiger partial charge in [0.25, 0.3) is 5.91 Å². The highest BCUT2D eigenvalue weighted by Crippen LogP contribution is 2.50. The first-order valence-corrected chi connectivity index (χ1v) is 10.8. The summed E-state index contributed by atoms with van der Waals surface area (Å²) in [7, 11) is 0. The molecule has 164 valence electrons. The molecule has 2 amide bonds. The van der Waals surface area contributed by atoms with Crippen LogP contribution in [-0.2, 0) is 4.79 Å². The number of nitrogens with one attached hydrogen (secondary N) is 2. The molecule has 0 radical (unpaired) electrons. The minimum absolute atomic E-state index is 0.00511. The Morgan fingerprint density at radius 2 is 1.97 bits per heavy atom. The van der Waals surface area contributed by atoms with E-state index in [1.165, 1.54) is 0 Å². The number of anilines is 2. The second-order valence-corrected chi connectivity index (χ2v) is 8.60. The molecule has 1 saturated carbocycles. The third-order valence-corrected chi connectivity index (χ3v) is 6.19. The summed E-state index contributed by atoms with van der Waals surface area (Å²) in [4.78, 5) is 35.9. The third kappa shape index (κ3) is 4.25. The van der Waals surface area contributed by atoms with Crippen molar-refractivity contribution >= 4 is 23.5 Å². The monoisotopic (exact) mass is 423 g/mol. The number of nitrogens with zero attached hydrogens (tertiary/aromatic N) is 3. The van der Waals surface area contributed by atoms with Gasteiger partial charge in [0, 0.05) is 48.6 Å². The Hall–Kier alpha value is -3.00. The molecule has 4 atom stereocenters. The second kappa shape index (κ2) is 8.63. The summed E-state index contributed by atoms with van der Waals surface area (Å²) >= 11 is 0. The average Bonchev–Trinajstić information content (AvgIpc) is 3.60. The van der Waals surface area contributed by atoms with E-state index in [2.05, 4.69) is 27.5 Å². The van der Waals surface area contributed by atoms with Crippen LogP contribution in [-0.4, -0.2) is 45.6 Å². The number of fused-ring (bicyclic) bond motifs is 1. The summed E-state index contributed by atoms with van der Waals surface area (Å²) in [6, 6.07) is 6.79. The molecule has 8 nitrogen and oxygen atoms in total. The van der Waals surface area contributed by atoms with Crippen LogP contribution in [0, 0.1) is 11.8 Å². The fourth-order valence-electron chi connectivity index (χ4n) is 4.57. The summed E-state index contributed by atoms with van der Waals surface area (Å²) in [6.07, 6.45) is 5.60. The molecule has 31 heavy (non-hydrogen) atoms. The van der Waals surface area contributed by atoms with Gasteiger partial charge in [0.1, 0.15) is 0 Å². The van der Waals surface area contributed by atoms with Crippen LogP contribution in [0.15, 0.2) is 36.7 Å². The van der Waals surface area contributed by atoms with E-state index < -0.39 is 0 Å². The molecule has 1 aliphatic carbocycles. The van der Waals surface area contributed by atoms with Crippen LogP contribution in [0.2, 0.25) is 0 Å². The van der Waals surface area contributed by atoms with E-state index in [9.17, 15) is 14.7 Å². The first-order chi connectivity index (χ1) is 14.9. The highest BCUT2D eigenvalue weighted by Gasteiger charge is 2.47. The van der Waals surface area contributed by atoms with Gasteiger partial charge in [-0.15, -0.1) is 0 Å². The molecule has 2 aromatic rings. The minimum Gasteiger partial charge on any atom is -0.394 e. The van der Waals surface area contributed by atoms with Crippen LogP contribution in [0.25, 0.3) is 0 Å². The van der Waals surface area contributed by atoms with Crippen molar-refractivity contribution in [2.45, 2.75) is 51.7 Å². The van der Waals surface area contributed by atoms with Crippen molar-refractivity contribution in [3.05, 3.63) is 47.8 Å². The maximum atomic E-state index is 12.7. The van der Waals surface area contributed by atoms with Crippen molar-refractivity contribution in [3.8, 4) is 0 Å². The first kappa shape index (κ1) is 21.2. The number of carbonyl (C=O) groups excluding carboxylic acids is 2. The van der Waals surface area contributed by atoms with Crippen molar-refractivity contribution in [2.75, 3.05) is 16.8 Å². The number of carbonyl (C=O) groups is 2. The lowest BCUT2D eigenvalue weighted by Crippen LogP contribution is -2.51. The summed E-state index contributed by atoms with van der Waals surface area (Å²) in [5.74, 6) is 0.833. The van der Waals surface area contributed by atoms with Gasteiger partial charge in [-0.25, -0.2) is 9.97 Å². The topological polar surface area (TPSA) is 107 Å². The van der Waals surface area contributed by atoms with Crippen molar-refractivity contribution in [1.82, 2.24) is 15.3 Å². The fraction of sp³-hybridized carbons (Fsp3) is 0.478. The molecular weight excluding hydrogens is 394 g/mol. The van der Waals surface area contributed by atoms with Crippen LogP contribution in [0.5, 0.6) is 0 Å². The number of aliphatic hydroxyl groups is 1. The summed E-state index contributed by atoms with van der Waals surface area (Å²) in [5, 5.41) is 15.5. The molecule has 2 unspecified atom stereocenters. The van der Waals surface area contributed by atoms with Crippen LogP contribution < -0.4 is 15.5 Å². The van der Waals surface area contributed by atoms with Gasteiger partial charge in [-0.05, 0) is 55.5 Å². The van der Waals surface area contributed by atoms with Gasteiger partial charge in [0.15, 0.2) is 0 Å². The molecule has 1 aromatic carbocycles. The lowest BCUT2D eigenvalue weighted by atomic mass is 9.79. The lowest BCUT2D eigenvalue weighted by molar-refractivity contribution is -0.117. The number of aromatic nitrogens is 2. The Bertz CT molecular complexity index is 963. The van der Waals surface area contributed by atoms with Crippen LogP contribution in [0.3, 0.4) is 0 Å². The third-order valence-electron chi connectivity index (χ3n) is 6.19. The van der Waals surface area contributed by atoms with E-state index in [4.69, 9.17) is 0 Å². The van der Waals surface area contributed by atoms with Gasteiger partial charge in [-0.1, -0.05) is 6.92 Å². The van der Waals surface area contributed by atoms with Gasteiger partial charge in [-0.2, -0.15) is 0 Å². The van der Waals surface area contributed by atoms with E-state index in [1.807, 2.05) is 17.0 Å². The summed E-state index contributed by atoms with van der Waals surface area (Å²) in [6.45, 7) is 5.35. The minimum atomic E-state index is -0.345. The van der Waals surface area contributed by atoms with E-state index in [-0.39, 0.29) is 42.5 Å². The van der Waals surface area contributed by atoms with E-state index in [0.717, 1.165) is 24.1 Å². The molecule has 2 heterocycles. The zero-order valence-electron chi connectivity index (χ0n) is 18.1. The van der Waals surface area contributed by atoms with E-state index in [0.29, 0.717) is 17.4 Å². The second-order valence-electron chi connectivity index (χ2n) is 8.60. The van der Waals surface area contributed by atoms with Crippen LogP contribution in [0.1, 0.15) is 55.6 Å². The highest BCUT2D eigenvalue weighted by atomic mass is 16.3. The molecule has 0 bridgehead atoms. The average molecular weight is 424 g/mol. The first-order valence-electron chi connectivity index (χ1n) is 10.8. The number of benzene rings is 1. The highest BCUT2D eigenvalue weighted by molar-refractivity contribution is 5.98. The quantitative estimate of drug-likeness (QED) is 0.659. The molecule has 3 N–H and O–H groups in total. The van der Waals surface area contributed by atoms with Crippen LogP contribution in [0.4, 0.5) is 11.6 Å². The molecule has 2 aliphatic rings. The Morgan fingerprint density at radius 1 is 1.26 bits per heavy atom. The number of aliphatic hydroxyl groups excluding tert-OH is 1. The molecule has 0 saturated heterocycles. The van der Waals surface area contributed by atoms with Gasteiger partial charge in [-0.3, -0.25) is 9.59 Å². The maximum Gasteiger partial charge on any atom is 0.251 e. The molecule has 4 rings (SSSR count). The molecule has 1 aliphatic heterocycles. The molecule has 8 heteroatoms. The zero-order valence-corrected chi connectivity index (χ0v) is 18.1. The number of rotatable bonds is 6. The van der Waals surface area contributed by atoms with Crippen LogP contribution >= 0.6 is 0 Å². The zero-order chi connectivity index (χ0) is 22.1. The van der Waals surface area contributed by atoms with Gasteiger partial charge < -0.3 is 20.6 Å². The Morgan fingerprint density at radius 3 is 2.58 bits per heavy atom. The van der Waals surface area contributed by atoms with Gasteiger partial charge in [0.05, 0.1) is 12.6 Å². The summed E-state index contributed by atoms with van der Waals surface area (Å²) < 4.78 is 0.